The highest BCUT2D eigenvalue weighted by molar-refractivity contribution is 5.16. The van der Waals surface area contributed by atoms with Gasteiger partial charge in [-0.25, -0.2) is 4.39 Å². The lowest BCUT2D eigenvalue weighted by Gasteiger charge is -2.01. The molecule has 0 aliphatic carbocycles. The molecular weight excluding hydrogens is 165 g/mol. The molecule has 0 saturated heterocycles. The molecule has 0 fully saturated rings. The Morgan fingerprint density at radius 2 is 2.00 bits per heavy atom. The summed E-state index contributed by atoms with van der Waals surface area (Å²) in [7, 11) is 0. The molecule has 0 aliphatic rings. The van der Waals surface area contributed by atoms with Crippen LogP contribution >= 0.6 is 0 Å². The predicted molar refractivity (Wildman–Crippen MR) is 48.8 cm³/mol. The summed E-state index contributed by atoms with van der Waals surface area (Å²) >= 11 is 0. The van der Waals surface area contributed by atoms with Crippen molar-refractivity contribution >= 4 is 0 Å². The summed E-state index contributed by atoms with van der Waals surface area (Å²) in [6.45, 7) is 0.743. The maximum absolute atomic E-state index is 12.6. The van der Waals surface area contributed by atoms with E-state index in [-0.39, 0.29) is 5.82 Å². The van der Waals surface area contributed by atoms with Crippen molar-refractivity contribution in [3.63, 3.8) is 0 Å². The first-order valence-electron chi connectivity index (χ1n) is 4.12. The number of hydrogen-bond acceptors (Lipinski definition) is 0. The van der Waals surface area contributed by atoms with Gasteiger partial charge >= 0.3 is 0 Å². The molecule has 0 spiro atoms. The van der Waals surface area contributed by atoms with Crippen LogP contribution in [-0.4, -0.2) is 4.57 Å². The quantitative estimate of drug-likeness (QED) is 0.659. The average molecular weight is 174 g/mol. The van der Waals surface area contributed by atoms with Crippen molar-refractivity contribution in [2.75, 3.05) is 0 Å². The smallest absolute Gasteiger partial charge is 0.123 e. The van der Waals surface area contributed by atoms with Gasteiger partial charge in [0.25, 0.3) is 0 Å². The van der Waals surface area contributed by atoms with Crippen molar-refractivity contribution in [1.29, 1.82) is 0 Å². The first-order valence-corrected chi connectivity index (χ1v) is 4.12. The molecule has 1 heterocycles. The lowest BCUT2D eigenvalue weighted by molar-refractivity contribution is 0.626. The van der Waals surface area contributed by atoms with Gasteiger partial charge in [-0.3, -0.25) is 0 Å². The number of benzene rings is 1. The fraction of sp³-hybridized carbons (Fsp3) is 0.0909. The second-order valence-corrected chi connectivity index (χ2v) is 2.89. The summed E-state index contributed by atoms with van der Waals surface area (Å²) in [4.78, 5) is 0. The molecule has 0 saturated carbocycles. The third-order valence-corrected chi connectivity index (χ3v) is 1.87. The molecular formula is C11H9FN. The second kappa shape index (κ2) is 3.44. The van der Waals surface area contributed by atoms with Gasteiger partial charge in [-0.2, -0.15) is 0 Å². The molecule has 1 aromatic heterocycles. The highest BCUT2D eigenvalue weighted by Crippen LogP contribution is 2.04. The molecule has 0 N–H and O–H groups in total. The third-order valence-electron chi connectivity index (χ3n) is 1.87. The fourth-order valence-electron chi connectivity index (χ4n) is 1.21. The van der Waals surface area contributed by atoms with Gasteiger partial charge in [0.15, 0.2) is 0 Å². The molecule has 1 nitrogen and oxygen atoms in total. The van der Waals surface area contributed by atoms with Gasteiger partial charge in [-0.05, 0) is 29.8 Å². The first-order chi connectivity index (χ1) is 6.34. The fourth-order valence-corrected chi connectivity index (χ4v) is 1.21. The zero-order valence-corrected chi connectivity index (χ0v) is 7.07. The van der Waals surface area contributed by atoms with E-state index in [1.165, 1.54) is 12.1 Å². The Kier molecular flexibility index (Phi) is 2.13. The Labute approximate surface area is 76.4 Å². The van der Waals surface area contributed by atoms with E-state index in [9.17, 15) is 4.39 Å². The highest BCUT2D eigenvalue weighted by atomic mass is 19.1. The minimum Gasteiger partial charge on any atom is -0.342 e. The SMILES string of the molecule is Fc1ccc(Cn2[c]ccc2)cc1. The lowest BCUT2D eigenvalue weighted by atomic mass is 10.2. The van der Waals surface area contributed by atoms with Crippen LogP contribution < -0.4 is 0 Å². The first kappa shape index (κ1) is 8.05. The lowest BCUT2D eigenvalue weighted by Crippen LogP contribution is -1.95. The van der Waals surface area contributed by atoms with Gasteiger partial charge in [0.05, 0.1) is 6.20 Å². The van der Waals surface area contributed by atoms with Gasteiger partial charge in [-0.1, -0.05) is 12.1 Å². The summed E-state index contributed by atoms with van der Waals surface area (Å²) in [5.41, 5.74) is 1.08. The Hall–Kier alpha value is -1.57. The van der Waals surface area contributed by atoms with E-state index in [0.29, 0.717) is 0 Å². The van der Waals surface area contributed by atoms with Gasteiger partial charge in [0.1, 0.15) is 5.82 Å². The summed E-state index contributed by atoms with van der Waals surface area (Å²) in [5.74, 6) is -0.194. The van der Waals surface area contributed by atoms with Gasteiger partial charge in [-0.15, -0.1) is 0 Å². The van der Waals surface area contributed by atoms with E-state index in [1.807, 2.05) is 22.9 Å². The third kappa shape index (κ3) is 1.96. The van der Waals surface area contributed by atoms with Crippen LogP contribution in [0.15, 0.2) is 42.6 Å². The molecule has 1 radical (unpaired) electrons. The molecule has 1 aromatic carbocycles. The maximum Gasteiger partial charge on any atom is 0.123 e. The van der Waals surface area contributed by atoms with Crippen LogP contribution in [0.5, 0.6) is 0 Å². The van der Waals surface area contributed by atoms with Crippen LogP contribution in [0.1, 0.15) is 5.56 Å². The number of halogens is 1. The maximum atomic E-state index is 12.6. The minimum atomic E-state index is -0.194. The molecule has 0 bridgehead atoms. The van der Waals surface area contributed by atoms with E-state index in [1.54, 1.807) is 12.1 Å². The number of rotatable bonds is 2. The van der Waals surface area contributed by atoms with Crippen LogP contribution in [0.4, 0.5) is 4.39 Å². The molecule has 0 atom stereocenters. The molecule has 0 aliphatic heterocycles. The Morgan fingerprint density at radius 3 is 2.62 bits per heavy atom. The number of nitrogens with zero attached hydrogens (tertiary/aromatic N) is 1. The van der Waals surface area contributed by atoms with Crippen LogP contribution in [0.2, 0.25) is 0 Å². The summed E-state index contributed by atoms with van der Waals surface area (Å²) in [6.07, 6.45) is 4.96. The van der Waals surface area contributed by atoms with Crippen molar-refractivity contribution in [2.45, 2.75) is 6.54 Å². The molecule has 65 valence electrons. The van der Waals surface area contributed by atoms with E-state index in [0.717, 1.165) is 12.1 Å². The van der Waals surface area contributed by atoms with Gasteiger partial charge in [0.2, 0.25) is 0 Å². The minimum absolute atomic E-state index is 0.194. The molecule has 2 rings (SSSR count). The summed E-state index contributed by atoms with van der Waals surface area (Å²) in [6, 6.07) is 10.3. The van der Waals surface area contributed by atoms with Crippen molar-refractivity contribution in [2.24, 2.45) is 0 Å². The highest BCUT2D eigenvalue weighted by Gasteiger charge is 1.94. The largest absolute Gasteiger partial charge is 0.342 e. The summed E-state index contributed by atoms with van der Waals surface area (Å²) in [5, 5.41) is 0. The van der Waals surface area contributed by atoms with Crippen molar-refractivity contribution in [3.05, 3.63) is 60.2 Å². The average Bonchev–Trinajstić information content (AvgIpc) is 2.62. The van der Waals surface area contributed by atoms with Crippen molar-refractivity contribution in [1.82, 2.24) is 4.57 Å². The molecule has 2 aromatic rings. The van der Waals surface area contributed by atoms with Crippen LogP contribution in [0.25, 0.3) is 0 Å². The Balaban J connectivity index is 2.15. The Bertz CT molecular complexity index is 361. The normalized spacial score (nSPS) is 10.2. The molecule has 0 unspecified atom stereocenters. The van der Waals surface area contributed by atoms with Crippen LogP contribution in [-0.2, 0) is 6.54 Å². The van der Waals surface area contributed by atoms with Gasteiger partial charge < -0.3 is 4.57 Å². The summed E-state index contributed by atoms with van der Waals surface area (Å²) < 4.78 is 14.5. The zero-order chi connectivity index (χ0) is 9.10. The topological polar surface area (TPSA) is 4.93 Å². The zero-order valence-electron chi connectivity index (χ0n) is 7.07. The number of aromatic nitrogens is 1. The van der Waals surface area contributed by atoms with Crippen LogP contribution in [0.3, 0.4) is 0 Å². The predicted octanol–water partition coefficient (Wildman–Crippen LogP) is 2.48. The molecule has 2 heteroatoms. The number of hydrogen-bond donors (Lipinski definition) is 0. The van der Waals surface area contributed by atoms with Crippen molar-refractivity contribution < 1.29 is 4.39 Å². The van der Waals surface area contributed by atoms with E-state index < -0.39 is 0 Å². The monoisotopic (exact) mass is 174 g/mol. The van der Waals surface area contributed by atoms with E-state index in [4.69, 9.17) is 0 Å². The molecule has 0 amide bonds. The second-order valence-electron chi connectivity index (χ2n) is 2.89. The van der Waals surface area contributed by atoms with Crippen LogP contribution in [0, 0.1) is 12.0 Å². The van der Waals surface area contributed by atoms with E-state index in [2.05, 4.69) is 6.20 Å². The molecule has 13 heavy (non-hydrogen) atoms. The standard InChI is InChI=1S/C11H9FN/c12-11-5-3-10(4-6-11)9-13-7-1-2-8-13/h1-7H,9H2. The van der Waals surface area contributed by atoms with E-state index >= 15 is 0 Å². The van der Waals surface area contributed by atoms with Crippen molar-refractivity contribution in [3.8, 4) is 0 Å². The Morgan fingerprint density at radius 1 is 1.23 bits per heavy atom. The van der Waals surface area contributed by atoms with Gasteiger partial charge in [0, 0.05) is 12.7 Å².